The lowest BCUT2D eigenvalue weighted by Gasteiger charge is -2.17. The third kappa shape index (κ3) is 5.89. The lowest BCUT2D eigenvalue weighted by atomic mass is 10.2. The minimum absolute atomic E-state index is 0.111. The first kappa shape index (κ1) is 23.8. The first-order chi connectivity index (χ1) is 15.4. The molecule has 170 valence electrons. The molecule has 1 amide bonds. The van der Waals surface area contributed by atoms with E-state index in [9.17, 15) is 9.59 Å². The quantitative estimate of drug-likeness (QED) is 0.278. The number of nitrogens with one attached hydrogen (secondary N) is 1. The van der Waals surface area contributed by atoms with Crippen molar-refractivity contribution in [3.8, 4) is 5.75 Å². The van der Waals surface area contributed by atoms with Crippen molar-refractivity contribution in [2.24, 2.45) is 0 Å². The number of para-hydroxylation sites is 3. The Hall–Kier alpha value is -2.84. The van der Waals surface area contributed by atoms with Gasteiger partial charge in [-0.3, -0.25) is 14.2 Å². The highest BCUT2D eigenvalue weighted by molar-refractivity contribution is 8.00. The first-order valence-corrected chi connectivity index (χ1v) is 11.5. The van der Waals surface area contributed by atoms with E-state index in [4.69, 9.17) is 14.5 Å². The minimum atomic E-state index is -0.480. The summed E-state index contributed by atoms with van der Waals surface area (Å²) in [5.41, 5.74) is 1.11. The number of ether oxygens (including phenoxy) is 2. The highest BCUT2D eigenvalue weighted by Crippen LogP contribution is 2.27. The smallest absolute Gasteiger partial charge is 0.262 e. The molecule has 1 heterocycles. The number of carbonyl (C=O) groups is 1. The van der Waals surface area contributed by atoms with Crippen molar-refractivity contribution in [2.75, 3.05) is 19.0 Å². The molecule has 0 spiro atoms. The number of benzene rings is 2. The van der Waals surface area contributed by atoms with E-state index in [0.29, 0.717) is 47.1 Å². The van der Waals surface area contributed by atoms with Crippen LogP contribution < -0.4 is 15.6 Å². The number of methoxy groups -OCH3 is 1. The van der Waals surface area contributed by atoms with Gasteiger partial charge in [-0.1, -0.05) is 36.0 Å². The van der Waals surface area contributed by atoms with Gasteiger partial charge < -0.3 is 14.8 Å². The molecule has 8 heteroatoms. The van der Waals surface area contributed by atoms with Gasteiger partial charge in [-0.05, 0) is 51.5 Å². The van der Waals surface area contributed by atoms with Crippen LogP contribution in [0.4, 0.5) is 5.69 Å². The van der Waals surface area contributed by atoms with Crippen LogP contribution in [0.5, 0.6) is 5.75 Å². The van der Waals surface area contributed by atoms with E-state index in [1.165, 1.54) is 11.8 Å². The fraction of sp³-hybridized carbons (Fsp3) is 0.375. The molecule has 0 aliphatic rings. The number of aromatic nitrogens is 2. The van der Waals surface area contributed by atoms with Gasteiger partial charge in [-0.15, -0.1) is 0 Å². The second-order valence-corrected chi connectivity index (χ2v) is 8.90. The van der Waals surface area contributed by atoms with Gasteiger partial charge in [-0.2, -0.15) is 0 Å². The molecule has 0 aliphatic carbocycles. The standard InChI is InChI=1S/C24H29N3O4S/c1-16(2)31-15-9-14-27-23(29)18-10-5-6-11-19(18)26-24(27)32-17(3)22(28)25-20-12-7-8-13-21(20)30-4/h5-8,10-13,16-17H,9,14-15H2,1-4H3,(H,25,28)/t17-/m0/s1. The van der Waals surface area contributed by atoms with Gasteiger partial charge in [0.05, 0.1) is 35.1 Å². The summed E-state index contributed by atoms with van der Waals surface area (Å²) in [6.07, 6.45) is 0.807. The Morgan fingerprint density at radius 2 is 1.84 bits per heavy atom. The van der Waals surface area contributed by atoms with Crippen LogP contribution in [0.3, 0.4) is 0 Å². The van der Waals surface area contributed by atoms with Gasteiger partial charge in [0.1, 0.15) is 5.75 Å². The van der Waals surface area contributed by atoms with Crippen LogP contribution in [0.2, 0.25) is 0 Å². The largest absolute Gasteiger partial charge is 0.495 e. The van der Waals surface area contributed by atoms with Crippen LogP contribution in [-0.4, -0.2) is 40.5 Å². The molecule has 0 aliphatic heterocycles. The molecule has 0 unspecified atom stereocenters. The zero-order chi connectivity index (χ0) is 23.1. The number of amides is 1. The maximum absolute atomic E-state index is 13.2. The van der Waals surface area contributed by atoms with E-state index in [1.807, 2.05) is 44.2 Å². The van der Waals surface area contributed by atoms with Crippen LogP contribution in [0, 0.1) is 0 Å². The van der Waals surface area contributed by atoms with Crippen molar-refractivity contribution in [3.63, 3.8) is 0 Å². The minimum Gasteiger partial charge on any atom is -0.495 e. The van der Waals surface area contributed by atoms with Gasteiger partial charge in [-0.25, -0.2) is 4.98 Å². The highest BCUT2D eigenvalue weighted by Gasteiger charge is 2.20. The van der Waals surface area contributed by atoms with Crippen molar-refractivity contribution < 1.29 is 14.3 Å². The van der Waals surface area contributed by atoms with Gasteiger partial charge in [0.25, 0.3) is 5.56 Å². The van der Waals surface area contributed by atoms with E-state index in [1.54, 1.807) is 36.8 Å². The van der Waals surface area contributed by atoms with Crippen molar-refractivity contribution >= 4 is 34.3 Å². The van der Waals surface area contributed by atoms with E-state index < -0.39 is 5.25 Å². The first-order valence-electron chi connectivity index (χ1n) is 10.6. The van der Waals surface area contributed by atoms with E-state index >= 15 is 0 Å². The highest BCUT2D eigenvalue weighted by atomic mass is 32.2. The predicted octanol–water partition coefficient (Wildman–Crippen LogP) is 4.34. The number of fused-ring (bicyclic) bond motifs is 1. The summed E-state index contributed by atoms with van der Waals surface area (Å²) in [4.78, 5) is 30.7. The summed E-state index contributed by atoms with van der Waals surface area (Å²) < 4.78 is 12.6. The molecule has 3 aromatic rings. The maximum Gasteiger partial charge on any atom is 0.262 e. The van der Waals surface area contributed by atoms with Gasteiger partial charge in [0.15, 0.2) is 5.16 Å². The predicted molar refractivity (Wildman–Crippen MR) is 129 cm³/mol. The molecule has 32 heavy (non-hydrogen) atoms. The fourth-order valence-electron chi connectivity index (χ4n) is 3.17. The number of hydrogen-bond donors (Lipinski definition) is 1. The molecular weight excluding hydrogens is 426 g/mol. The molecule has 1 atom stereocenters. The lowest BCUT2D eigenvalue weighted by Crippen LogP contribution is -2.27. The molecule has 0 bridgehead atoms. The summed E-state index contributed by atoms with van der Waals surface area (Å²) in [5.74, 6) is 0.389. The molecule has 0 radical (unpaired) electrons. The lowest BCUT2D eigenvalue weighted by molar-refractivity contribution is -0.115. The normalized spacial score (nSPS) is 12.2. The number of hydrogen-bond acceptors (Lipinski definition) is 6. The fourth-order valence-corrected chi connectivity index (χ4v) is 4.11. The van der Waals surface area contributed by atoms with Gasteiger partial charge >= 0.3 is 0 Å². The second kappa shape index (κ2) is 11.2. The number of rotatable bonds is 10. The SMILES string of the molecule is COc1ccccc1NC(=O)[C@H](C)Sc1nc2ccccc2c(=O)n1CCCOC(C)C. The van der Waals surface area contributed by atoms with Gasteiger partial charge in [0.2, 0.25) is 5.91 Å². The molecular formula is C24H29N3O4S. The second-order valence-electron chi connectivity index (χ2n) is 7.59. The third-order valence-electron chi connectivity index (χ3n) is 4.82. The van der Waals surface area contributed by atoms with Crippen LogP contribution >= 0.6 is 11.8 Å². The van der Waals surface area contributed by atoms with Crippen molar-refractivity contribution in [1.82, 2.24) is 9.55 Å². The topological polar surface area (TPSA) is 82.5 Å². The molecule has 0 saturated heterocycles. The number of nitrogens with zero attached hydrogens (tertiary/aromatic N) is 2. The summed E-state index contributed by atoms with van der Waals surface area (Å²) in [6.45, 7) is 6.76. The summed E-state index contributed by atoms with van der Waals surface area (Å²) in [7, 11) is 1.56. The summed E-state index contributed by atoms with van der Waals surface area (Å²) in [5, 5.41) is 3.49. The molecule has 7 nitrogen and oxygen atoms in total. The number of carbonyl (C=O) groups excluding carboxylic acids is 1. The Kier molecular flexibility index (Phi) is 8.30. The van der Waals surface area contributed by atoms with Gasteiger partial charge in [0, 0.05) is 13.2 Å². The molecule has 0 fully saturated rings. The van der Waals surface area contributed by atoms with Crippen molar-refractivity contribution in [3.05, 3.63) is 58.9 Å². The zero-order valence-corrected chi connectivity index (χ0v) is 19.6. The van der Waals surface area contributed by atoms with Crippen LogP contribution in [0.1, 0.15) is 27.2 Å². The van der Waals surface area contributed by atoms with Crippen molar-refractivity contribution in [2.45, 2.75) is 50.2 Å². The average molecular weight is 456 g/mol. The Labute approximate surface area is 192 Å². The van der Waals surface area contributed by atoms with Crippen LogP contribution in [0.15, 0.2) is 58.5 Å². The maximum atomic E-state index is 13.2. The monoisotopic (exact) mass is 455 g/mol. The Balaban J connectivity index is 1.83. The Bertz CT molecular complexity index is 1130. The molecule has 1 aromatic heterocycles. The average Bonchev–Trinajstić information content (AvgIpc) is 2.78. The van der Waals surface area contributed by atoms with E-state index in [-0.39, 0.29) is 17.6 Å². The molecule has 2 aromatic carbocycles. The molecule has 0 saturated carbocycles. The van der Waals surface area contributed by atoms with E-state index in [2.05, 4.69) is 5.32 Å². The zero-order valence-electron chi connectivity index (χ0n) is 18.8. The number of anilines is 1. The summed E-state index contributed by atoms with van der Waals surface area (Å²) in [6, 6.07) is 14.5. The summed E-state index contributed by atoms with van der Waals surface area (Å²) >= 11 is 1.26. The third-order valence-corrected chi connectivity index (χ3v) is 5.91. The van der Waals surface area contributed by atoms with Crippen LogP contribution in [0.25, 0.3) is 10.9 Å². The van der Waals surface area contributed by atoms with Crippen molar-refractivity contribution in [1.29, 1.82) is 0 Å². The molecule has 1 N–H and O–H groups in total. The van der Waals surface area contributed by atoms with E-state index in [0.717, 1.165) is 0 Å². The number of thioether (sulfide) groups is 1. The van der Waals surface area contributed by atoms with Crippen LogP contribution in [-0.2, 0) is 16.1 Å². The Morgan fingerprint density at radius 1 is 1.12 bits per heavy atom. The molecule has 3 rings (SSSR count). The Morgan fingerprint density at radius 3 is 2.59 bits per heavy atom.